The normalized spacial score (nSPS) is 28.0. The van der Waals surface area contributed by atoms with E-state index in [0.717, 1.165) is 27.9 Å². The van der Waals surface area contributed by atoms with Crippen LogP contribution < -0.4 is 5.32 Å². The molecule has 0 saturated carbocycles. The van der Waals surface area contributed by atoms with Gasteiger partial charge in [0.15, 0.2) is 0 Å². The van der Waals surface area contributed by atoms with E-state index in [1.807, 2.05) is 0 Å². The summed E-state index contributed by atoms with van der Waals surface area (Å²) in [6.45, 7) is 0.757. The standard InChI is InChI=1S/C3H8NOP/c1-4-2-6-3-5-1/h4,6H,1-3H2. The SMILES string of the molecule is C1NCPCO1. The molecule has 36 valence electrons. The summed E-state index contributed by atoms with van der Waals surface area (Å²) in [7, 11) is 0.968. The van der Waals surface area contributed by atoms with Gasteiger partial charge in [0.25, 0.3) is 0 Å². The van der Waals surface area contributed by atoms with E-state index in [4.69, 9.17) is 4.74 Å². The first-order chi connectivity index (χ1) is 3.00. The molecule has 2 nitrogen and oxygen atoms in total. The molecule has 0 radical (unpaired) electrons. The van der Waals surface area contributed by atoms with E-state index >= 15 is 0 Å². The Morgan fingerprint density at radius 2 is 2.67 bits per heavy atom. The van der Waals surface area contributed by atoms with Gasteiger partial charge in [-0.15, -0.1) is 0 Å². The van der Waals surface area contributed by atoms with E-state index in [1.165, 1.54) is 0 Å². The summed E-state index contributed by atoms with van der Waals surface area (Å²) in [6, 6.07) is 0. The quantitative estimate of drug-likeness (QED) is 0.443. The van der Waals surface area contributed by atoms with Gasteiger partial charge in [0.2, 0.25) is 0 Å². The van der Waals surface area contributed by atoms with Crippen LogP contribution >= 0.6 is 8.58 Å². The van der Waals surface area contributed by atoms with E-state index in [2.05, 4.69) is 5.32 Å². The zero-order chi connectivity index (χ0) is 4.24. The molecule has 0 bridgehead atoms. The smallest absolute Gasteiger partial charge is 0.0972 e. The molecule has 1 aliphatic heterocycles. The molecule has 0 aliphatic carbocycles. The maximum absolute atomic E-state index is 4.97. The van der Waals surface area contributed by atoms with E-state index in [9.17, 15) is 0 Å². The van der Waals surface area contributed by atoms with Gasteiger partial charge in [0.05, 0.1) is 13.1 Å². The van der Waals surface area contributed by atoms with Crippen LogP contribution in [0.25, 0.3) is 0 Å². The molecule has 0 aromatic carbocycles. The van der Waals surface area contributed by atoms with Gasteiger partial charge in [-0.05, 0) is 0 Å². The predicted molar refractivity (Wildman–Crippen MR) is 27.1 cm³/mol. The van der Waals surface area contributed by atoms with Gasteiger partial charge in [-0.3, -0.25) is 5.32 Å². The molecule has 1 saturated heterocycles. The van der Waals surface area contributed by atoms with E-state index in [-0.39, 0.29) is 0 Å². The molecule has 1 N–H and O–H groups in total. The molecule has 1 aliphatic rings. The van der Waals surface area contributed by atoms with Crippen molar-refractivity contribution in [1.29, 1.82) is 0 Å². The van der Waals surface area contributed by atoms with Crippen LogP contribution in [0.2, 0.25) is 0 Å². The molecule has 3 heteroatoms. The predicted octanol–water partition coefficient (Wildman–Crippen LogP) is 0.157. The molecule has 1 atom stereocenters. The van der Waals surface area contributed by atoms with E-state index in [1.54, 1.807) is 0 Å². The van der Waals surface area contributed by atoms with Crippen LogP contribution in [0.15, 0.2) is 0 Å². The fourth-order valence-corrected chi connectivity index (χ4v) is 1.01. The summed E-state index contributed by atoms with van der Waals surface area (Å²) in [6.07, 6.45) is 2.12. The van der Waals surface area contributed by atoms with Crippen molar-refractivity contribution >= 4 is 8.58 Å². The third kappa shape index (κ3) is 1.21. The molecule has 1 rings (SSSR count). The lowest BCUT2D eigenvalue weighted by atomic mass is 11.1. The van der Waals surface area contributed by atoms with Gasteiger partial charge in [-0.2, -0.15) is 0 Å². The number of hydrogen-bond acceptors (Lipinski definition) is 2. The van der Waals surface area contributed by atoms with Gasteiger partial charge < -0.3 is 4.74 Å². The van der Waals surface area contributed by atoms with Crippen molar-refractivity contribution in [1.82, 2.24) is 5.32 Å². The minimum absolute atomic E-state index is 0.757. The molecular formula is C3H8NOP. The highest BCUT2D eigenvalue weighted by atomic mass is 31.1. The Morgan fingerprint density at radius 3 is 2.83 bits per heavy atom. The number of ether oxygens (including phenoxy) is 1. The molecule has 0 spiro atoms. The Morgan fingerprint density at radius 1 is 1.67 bits per heavy atom. The zero-order valence-corrected chi connectivity index (χ0v) is 4.53. The molecule has 0 amide bonds. The number of hydrogen-bond donors (Lipinski definition) is 1. The second-order valence-electron chi connectivity index (χ2n) is 1.17. The summed E-state index contributed by atoms with van der Waals surface area (Å²) >= 11 is 0. The molecule has 0 aromatic rings. The Hall–Kier alpha value is 0.350. The van der Waals surface area contributed by atoms with Crippen LogP contribution in [0, 0.1) is 0 Å². The van der Waals surface area contributed by atoms with Gasteiger partial charge >= 0.3 is 0 Å². The summed E-state index contributed by atoms with van der Waals surface area (Å²) in [5.41, 5.74) is 0. The first kappa shape index (κ1) is 4.51. The van der Waals surface area contributed by atoms with Crippen LogP contribution in [-0.2, 0) is 4.74 Å². The lowest BCUT2D eigenvalue weighted by molar-refractivity contribution is 0.155. The second kappa shape index (κ2) is 2.51. The first-order valence-electron chi connectivity index (χ1n) is 1.99. The monoisotopic (exact) mass is 105 g/mol. The first-order valence-corrected chi connectivity index (χ1v) is 3.41. The van der Waals surface area contributed by atoms with Gasteiger partial charge in [0, 0.05) is 6.29 Å². The number of rotatable bonds is 0. The van der Waals surface area contributed by atoms with Crippen LogP contribution in [-0.4, -0.2) is 19.4 Å². The fourth-order valence-electron chi connectivity index (χ4n) is 0.386. The minimum Gasteiger partial charge on any atom is -0.362 e. The lowest BCUT2D eigenvalue weighted by Gasteiger charge is -2.10. The second-order valence-corrected chi connectivity index (χ2v) is 2.31. The van der Waals surface area contributed by atoms with E-state index < -0.39 is 0 Å². The maximum Gasteiger partial charge on any atom is 0.0972 e. The van der Waals surface area contributed by atoms with Crippen LogP contribution in [0.1, 0.15) is 0 Å². The van der Waals surface area contributed by atoms with Gasteiger partial charge in [-0.25, -0.2) is 0 Å². The molecule has 6 heavy (non-hydrogen) atoms. The van der Waals surface area contributed by atoms with Crippen molar-refractivity contribution in [2.75, 3.05) is 19.4 Å². The van der Waals surface area contributed by atoms with Crippen molar-refractivity contribution in [2.45, 2.75) is 0 Å². The Kier molecular flexibility index (Phi) is 1.89. The third-order valence-corrected chi connectivity index (χ3v) is 1.57. The summed E-state index contributed by atoms with van der Waals surface area (Å²) in [4.78, 5) is 0. The largest absolute Gasteiger partial charge is 0.362 e. The van der Waals surface area contributed by atoms with Crippen LogP contribution in [0.3, 0.4) is 0 Å². The Labute approximate surface area is 39.0 Å². The minimum atomic E-state index is 0.757. The number of nitrogens with one attached hydrogen (secondary N) is 1. The maximum atomic E-state index is 4.97. The molecule has 1 heterocycles. The van der Waals surface area contributed by atoms with Crippen LogP contribution in [0.5, 0.6) is 0 Å². The fraction of sp³-hybridized carbons (Fsp3) is 1.00. The highest BCUT2D eigenvalue weighted by Crippen LogP contribution is 2.08. The summed E-state index contributed by atoms with van der Waals surface area (Å²) in [5.74, 6) is 0. The van der Waals surface area contributed by atoms with Crippen LogP contribution in [0.4, 0.5) is 0 Å². The van der Waals surface area contributed by atoms with Crippen molar-refractivity contribution in [3.05, 3.63) is 0 Å². The van der Waals surface area contributed by atoms with Crippen molar-refractivity contribution in [2.24, 2.45) is 0 Å². The highest BCUT2D eigenvalue weighted by molar-refractivity contribution is 7.37. The zero-order valence-electron chi connectivity index (χ0n) is 3.53. The lowest BCUT2D eigenvalue weighted by Crippen LogP contribution is -2.21. The summed E-state index contributed by atoms with van der Waals surface area (Å²) in [5, 5.41) is 3.07. The van der Waals surface area contributed by atoms with Crippen molar-refractivity contribution in [3.8, 4) is 0 Å². The average molecular weight is 105 g/mol. The average Bonchev–Trinajstić information content (AvgIpc) is 1.72. The Bertz CT molecular complexity index is 26.3. The molecular weight excluding hydrogens is 97.0 g/mol. The molecule has 0 aromatic heterocycles. The van der Waals surface area contributed by atoms with Crippen molar-refractivity contribution < 1.29 is 4.74 Å². The third-order valence-electron chi connectivity index (χ3n) is 0.658. The van der Waals surface area contributed by atoms with E-state index in [0.29, 0.717) is 0 Å². The topological polar surface area (TPSA) is 21.3 Å². The Balaban J connectivity index is 2.00. The summed E-state index contributed by atoms with van der Waals surface area (Å²) < 4.78 is 4.97. The van der Waals surface area contributed by atoms with Crippen molar-refractivity contribution in [3.63, 3.8) is 0 Å². The molecule has 1 unspecified atom stereocenters. The highest BCUT2D eigenvalue weighted by Gasteiger charge is 1.92. The van der Waals surface area contributed by atoms with Gasteiger partial charge in [0.1, 0.15) is 0 Å². The van der Waals surface area contributed by atoms with Gasteiger partial charge in [-0.1, -0.05) is 8.58 Å². The molecule has 1 fully saturated rings.